The molecule has 1 aliphatic carbocycles. The van der Waals surface area contributed by atoms with Gasteiger partial charge in [-0.15, -0.1) is 0 Å². The van der Waals surface area contributed by atoms with Crippen LogP contribution in [0.3, 0.4) is 0 Å². The van der Waals surface area contributed by atoms with E-state index in [-0.39, 0.29) is 17.7 Å². The minimum Gasteiger partial charge on any atom is -0.383 e. The molecule has 1 aliphatic rings. The predicted molar refractivity (Wildman–Crippen MR) is 122 cm³/mol. The van der Waals surface area contributed by atoms with Gasteiger partial charge < -0.3 is 11.1 Å². The van der Waals surface area contributed by atoms with E-state index < -0.39 is 0 Å². The molecule has 0 aliphatic heterocycles. The zero-order valence-corrected chi connectivity index (χ0v) is 17.8. The molecule has 1 amide bonds. The van der Waals surface area contributed by atoms with E-state index in [0.717, 1.165) is 45.1 Å². The van der Waals surface area contributed by atoms with E-state index in [0.29, 0.717) is 11.6 Å². The molecular weight excluding hydrogens is 388 g/mol. The predicted octanol–water partition coefficient (Wildman–Crippen LogP) is 3.97. The van der Waals surface area contributed by atoms with Gasteiger partial charge in [-0.25, -0.2) is 9.97 Å². The average Bonchev–Trinajstić information content (AvgIpc) is 3.43. The van der Waals surface area contributed by atoms with Crippen molar-refractivity contribution in [3.8, 4) is 11.3 Å². The molecule has 1 saturated carbocycles. The molecule has 156 valence electrons. The van der Waals surface area contributed by atoms with E-state index >= 15 is 0 Å². The second-order valence-corrected chi connectivity index (χ2v) is 8.39. The molecule has 2 atom stereocenters. The van der Waals surface area contributed by atoms with Crippen molar-refractivity contribution >= 4 is 28.3 Å². The quantitative estimate of drug-likeness (QED) is 0.528. The van der Waals surface area contributed by atoms with E-state index in [9.17, 15) is 4.79 Å². The van der Waals surface area contributed by atoms with Crippen LogP contribution in [-0.2, 0) is 11.8 Å². The summed E-state index contributed by atoms with van der Waals surface area (Å²) in [6.45, 7) is 4.12. The van der Waals surface area contributed by atoms with Gasteiger partial charge in [0.05, 0.1) is 11.9 Å². The number of anilines is 2. The Morgan fingerprint density at radius 2 is 2.03 bits per heavy atom. The molecule has 0 unspecified atom stereocenters. The van der Waals surface area contributed by atoms with Gasteiger partial charge in [0.2, 0.25) is 5.91 Å². The number of aromatic nitrogens is 4. The van der Waals surface area contributed by atoms with Crippen molar-refractivity contribution in [1.29, 1.82) is 0 Å². The summed E-state index contributed by atoms with van der Waals surface area (Å²) in [6.07, 6.45) is 6.30. The van der Waals surface area contributed by atoms with Crippen molar-refractivity contribution in [2.24, 2.45) is 13.0 Å². The number of nitrogens with one attached hydrogen (secondary N) is 1. The molecule has 3 heterocycles. The number of benzene rings is 1. The van der Waals surface area contributed by atoms with Crippen molar-refractivity contribution in [3.05, 3.63) is 65.6 Å². The highest BCUT2D eigenvalue weighted by atomic mass is 16.2. The topological polar surface area (TPSA) is 98.7 Å². The molecule has 4 aromatic rings. The van der Waals surface area contributed by atoms with Crippen molar-refractivity contribution in [3.63, 3.8) is 0 Å². The van der Waals surface area contributed by atoms with Gasteiger partial charge in [0.25, 0.3) is 0 Å². The fourth-order valence-corrected chi connectivity index (χ4v) is 4.10. The van der Waals surface area contributed by atoms with Crippen LogP contribution in [0, 0.1) is 19.8 Å². The summed E-state index contributed by atoms with van der Waals surface area (Å²) in [4.78, 5) is 21.7. The van der Waals surface area contributed by atoms with Crippen LogP contribution in [0.15, 0.2) is 48.9 Å². The van der Waals surface area contributed by atoms with Crippen LogP contribution in [0.5, 0.6) is 0 Å². The first kappa shape index (κ1) is 19.2. The SMILES string of the molecule is Cc1ccc(C)c(-c2cc3cc(NC(=O)[C@H]4C[C@@H]4c4cnn(C)c4)ncc3c(N)n2)c1. The first-order chi connectivity index (χ1) is 14.9. The number of carbonyl (C=O) groups is 1. The number of aryl methyl sites for hydroxylation is 3. The Hall–Kier alpha value is -3.74. The molecule has 7 heteroatoms. The Kier molecular flexibility index (Phi) is 4.46. The monoisotopic (exact) mass is 412 g/mol. The number of fused-ring (bicyclic) bond motifs is 1. The highest BCUT2D eigenvalue weighted by Crippen LogP contribution is 2.47. The van der Waals surface area contributed by atoms with Gasteiger partial charge in [-0.2, -0.15) is 5.10 Å². The third kappa shape index (κ3) is 3.63. The highest BCUT2D eigenvalue weighted by Gasteiger charge is 2.44. The maximum Gasteiger partial charge on any atom is 0.229 e. The van der Waals surface area contributed by atoms with E-state index in [1.165, 1.54) is 0 Å². The standard InChI is InChI=1S/C24H24N6O/c1-13-4-5-14(2)17(6-13)21-7-15-8-22(26-11-20(15)23(25)28-21)29-24(31)19-9-18(19)16-10-27-30(3)12-16/h4-8,10-12,18-19H,9H2,1-3H3,(H2,25,28)(H,26,29,31)/t18-,19+/m1/s1. The number of nitrogens with two attached hydrogens (primary N) is 1. The maximum absolute atomic E-state index is 12.7. The fraction of sp³-hybridized carbons (Fsp3) is 0.250. The largest absolute Gasteiger partial charge is 0.383 e. The third-order valence-electron chi connectivity index (χ3n) is 5.95. The normalized spacial score (nSPS) is 17.6. The zero-order chi connectivity index (χ0) is 21.7. The fourth-order valence-electron chi connectivity index (χ4n) is 4.10. The summed E-state index contributed by atoms with van der Waals surface area (Å²) < 4.78 is 1.76. The maximum atomic E-state index is 12.7. The number of pyridine rings is 2. The molecule has 31 heavy (non-hydrogen) atoms. The summed E-state index contributed by atoms with van der Waals surface area (Å²) in [7, 11) is 1.88. The molecule has 0 saturated heterocycles. The van der Waals surface area contributed by atoms with Crippen LogP contribution in [0.4, 0.5) is 11.6 Å². The molecule has 0 bridgehead atoms. The first-order valence-electron chi connectivity index (χ1n) is 10.3. The second-order valence-electron chi connectivity index (χ2n) is 8.39. The Morgan fingerprint density at radius 3 is 2.81 bits per heavy atom. The molecule has 1 fully saturated rings. The molecule has 3 aromatic heterocycles. The second kappa shape index (κ2) is 7.19. The van der Waals surface area contributed by atoms with Crippen molar-refractivity contribution in [1.82, 2.24) is 19.7 Å². The van der Waals surface area contributed by atoms with E-state index in [1.54, 1.807) is 10.9 Å². The Labute approximate surface area is 180 Å². The van der Waals surface area contributed by atoms with Crippen LogP contribution < -0.4 is 11.1 Å². The number of nitrogens with zero attached hydrogens (tertiary/aromatic N) is 4. The van der Waals surface area contributed by atoms with E-state index in [1.807, 2.05) is 31.6 Å². The van der Waals surface area contributed by atoms with E-state index in [2.05, 4.69) is 52.4 Å². The van der Waals surface area contributed by atoms with Crippen LogP contribution in [0.1, 0.15) is 29.0 Å². The summed E-state index contributed by atoms with van der Waals surface area (Å²) >= 11 is 0. The third-order valence-corrected chi connectivity index (χ3v) is 5.95. The van der Waals surface area contributed by atoms with Gasteiger partial charge in [0.15, 0.2) is 0 Å². The Balaban J connectivity index is 1.42. The summed E-state index contributed by atoms with van der Waals surface area (Å²) in [5.74, 6) is 1.11. The lowest BCUT2D eigenvalue weighted by Gasteiger charge is -2.11. The van der Waals surface area contributed by atoms with Crippen molar-refractivity contribution in [2.45, 2.75) is 26.2 Å². The minimum atomic E-state index is -0.0466. The van der Waals surface area contributed by atoms with Gasteiger partial charge in [0.1, 0.15) is 11.6 Å². The lowest BCUT2D eigenvalue weighted by atomic mass is 10.0. The number of hydrogen-bond donors (Lipinski definition) is 2. The Morgan fingerprint density at radius 1 is 1.19 bits per heavy atom. The van der Waals surface area contributed by atoms with Gasteiger partial charge in [-0.05, 0) is 60.9 Å². The Bertz CT molecular complexity index is 1330. The van der Waals surface area contributed by atoms with Gasteiger partial charge in [-0.1, -0.05) is 17.7 Å². The molecule has 5 rings (SSSR count). The lowest BCUT2D eigenvalue weighted by molar-refractivity contribution is -0.117. The molecular formula is C24H24N6O. The molecule has 3 N–H and O–H groups in total. The average molecular weight is 412 g/mol. The summed E-state index contributed by atoms with van der Waals surface area (Å²) in [5, 5.41) is 8.83. The van der Waals surface area contributed by atoms with Crippen molar-refractivity contribution < 1.29 is 4.79 Å². The highest BCUT2D eigenvalue weighted by molar-refractivity contribution is 5.98. The van der Waals surface area contributed by atoms with Gasteiger partial charge >= 0.3 is 0 Å². The number of hydrogen-bond acceptors (Lipinski definition) is 5. The first-order valence-corrected chi connectivity index (χ1v) is 10.3. The number of carbonyl (C=O) groups excluding carboxylic acids is 1. The number of amides is 1. The zero-order valence-electron chi connectivity index (χ0n) is 17.8. The van der Waals surface area contributed by atoms with Gasteiger partial charge in [0, 0.05) is 36.3 Å². The van der Waals surface area contributed by atoms with Crippen molar-refractivity contribution in [2.75, 3.05) is 11.1 Å². The van der Waals surface area contributed by atoms with E-state index in [4.69, 9.17) is 5.73 Å². The number of rotatable bonds is 4. The van der Waals surface area contributed by atoms with Crippen LogP contribution in [-0.4, -0.2) is 25.7 Å². The van der Waals surface area contributed by atoms with Gasteiger partial charge in [-0.3, -0.25) is 9.48 Å². The molecule has 1 aromatic carbocycles. The van der Waals surface area contributed by atoms with Crippen LogP contribution in [0.2, 0.25) is 0 Å². The summed E-state index contributed by atoms with van der Waals surface area (Å²) in [5.41, 5.74) is 11.5. The van der Waals surface area contributed by atoms with Crippen LogP contribution >= 0.6 is 0 Å². The molecule has 7 nitrogen and oxygen atoms in total. The number of nitrogen functional groups attached to an aromatic ring is 1. The molecule has 0 spiro atoms. The molecule has 0 radical (unpaired) electrons. The smallest absolute Gasteiger partial charge is 0.229 e. The lowest BCUT2D eigenvalue weighted by Crippen LogP contribution is -2.15. The summed E-state index contributed by atoms with van der Waals surface area (Å²) in [6, 6.07) is 10.1. The minimum absolute atomic E-state index is 0.0162. The van der Waals surface area contributed by atoms with Crippen LogP contribution in [0.25, 0.3) is 22.0 Å².